The van der Waals surface area contributed by atoms with Crippen molar-refractivity contribution in [3.8, 4) is 5.75 Å². The molecular weight excluding hydrogens is 424 g/mol. The minimum Gasteiger partial charge on any atom is -0.495 e. The number of carbonyl (C=O) groups excluding carboxylic acids is 1. The van der Waals surface area contributed by atoms with Crippen molar-refractivity contribution < 1.29 is 17.9 Å². The van der Waals surface area contributed by atoms with Gasteiger partial charge in [-0.15, -0.1) is 0 Å². The lowest BCUT2D eigenvalue weighted by molar-refractivity contribution is 0.102. The minimum atomic E-state index is -3.92. The SMILES string of the molecule is COc1ccc(S(=O)(=O)Nc2cccc(Cl)c2C)cc1NC(=O)c1ccccc1C. The number of aryl methyl sites for hydroxylation is 1. The van der Waals surface area contributed by atoms with Crippen LogP contribution in [0.15, 0.2) is 65.6 Å². The summed E-state index contributed by atoms with van der Waals surface area (Å²) in [6, 6.07) is 16.3. The standard InChI is InChI=1S/C22H21ClN2O4S/c1-14-7-4-5-8-17(14)22(26)24-20-13-16(11-12-21(20)29-3)30(27,28)25-19-10-6-9-18(23)15(19)2/h4-13,25H,1-3H3,(H,24,26). The molecule has 0 aliphatic heterocycles. The molecule has 3 aromatic rings. The first-order chi connectivity index (χ1) is 14.2. The molecule has 3 rings (SSSR count). The van der Waals surface area contributed by atoms with E-state index in [0.29, 0.717) is 27.6 Å². The first kappa shape index (κ1) is 21.7. The predicted octanol–water partition coefficient (Wildman–Crippen LogP) is 5.02. The number of hydrogen-bond acceptors (Lipinski definition) is 4. The van der Waals surface area contributed by atoms with E-state index in [-0.39, 0.29) is 16.5 Å². The lowest BCUT2D eigenvalue weighted by atomic mass is 10.1. The summed E-state index contributed by atoms with van der Waals surface area (Å²) in [6.07, 6.45) is 0. The molecule has 156 valence electrons. The normalized spacial score (nSPS) is 11.1. The summed E-state index contributed by atoms with van der Waals surface area (Å²) < 4.78 is 33.7. The van der Waals surface area contributed by atoms with E-state index in [4.69, 9.17) is 16.3 Å². The summed E-state index contributed by atoms with van der Waals surface area (Å²) in [5.74, 6) is -0.0191. The molecule has 0 unspecified atom stereocenters. The quantitative estimate of drug-likeness (QED) is 0.559. The van der Waals surface area contributed by atoms with Crippen molar-refractivity contribution in [1.29, 1.82) is 0 Å². The Hall–Kier alpha value is -3.03. The topological polar surface area (TPSA) is 84.5 Å². The second-order valence-electron chi connectivity index (χ2n) is 6.65. The average molecular weight is 445 g/mol. The molecule has 0 aliphatic rings. The zero-order valence-electron chi connectivity index (χ0n) is 16.7. The van der Waals surface area contributed by atoms with Crippen molar-refractivity contribution in [2.75, 3.05) is 17.1 Å². The largest absolute Gasteiger partial charge is 0.495 e. The third-order valence-corrected chi connectivity index (χ3v) is 6.40. The van der Waals surface area contributed by atoms with Gasteiger partial charge in [-0.25, -0.2) is 8.42 Å². The van der Waals surface area contributed by atoms with Crippen LogP contribution in [-0.2, 0) is 10.0 Å². The van der Waals surface area contributed by atoms with Gasteiger partial charge in [0.05, 0.1) is 23.4 Å². The molecule has 1 amide bonds. The smallest absolute Gasteiger partial charge is 0.261 e. The van der Waals surface area contributed by atoms with Crippen LogP contribution in [0.4, 0.5) is 11.4 Å². The molecule has 0 fully saturated rings. The van der Waals surface area contributed by atoms with E-state index in [9.17, 15) is 13.2 Å². The summed E-state index contributed by atoms with van der Waals surface area (Å²) >= 11 is 6.08. The Morgan fingerprint density at radius 3 is 2.40 bits per heavy atom. The van der Waals surface area contributed by atoms with Crippen LogP contribution in [-0.4, -0.2) is 21.4 Å². The van der Waals surface area contributed by atoms with Crippen LogP contribution in [0.1, 0.15) is 21.5 Å². The molecule has 0 aliphatic carbocycles. The highest BCUT2D eigenvalue weighted by molar-refractivity contribution is 7.92. The van der Waals surface area contributed by atoms with Crippen LogP contribution in [0.25, 0.3) is 0 Å². The van der Waals surface area contributed by atoms with Gasteiger partial charge in [0, 0.05) is 10.6 Å². The Morgan fingerprint density at radius 2 is 1.70 bits per heavy atom. The fourth-order valence-electron chi connectivity index (χ4n) is 2.89. The Morgan fingerprint density at radius 1 is 0.967 bits per heavy atom. The predicted molar refractivity (Wildman–Crippen MR) is 119 cm³/mol. The Balaban J connectivity index is 1.94. The van der Waals surface area contributed by atoms with E-state index >= 15 is 0 Å². The van der Waals surface area contributed by atoms with Crippen molar-refractivity contribution in [1.82, 2.24) is 0 Å². The second kappa shape index (κ2) is 8.77. The highest BCUT2D eigenvalue weighted by atomic mass is 35.5. The van der Waals surface area contributed by atoms with Gasteiger partial charge in [0.25, 0.3) is 15.9 Å². The molecule has 0 bridgehead atoms. The molecular formula is C22H21ClN2O4S. The molecule has 0 heterocycles. The van der Waals surface area contributed by atoms with E-state index in [1.54, 1.807) is 37.3 Å². The molecule has 8 heteroatoms. The van der Waals surface area contributed by atoms with Gasteiger partial charge in [-0.05, 0) is 61.4 Å². The fourth-order valence-corrected chi connectivity index (χ4v) is 4.21. The zero-order valence-corrected chi connectivity index (χ0v) is 18.3. The Labute approximate surface area is 180 Å². The van der Waals surface area contributed by atoms with Gasteiger partial charge in [-0.1, -0.05) is 35.9 Å². The second-order valence-corrected chi connectivity index (χ2v) is 8.74. The lowest BCUT2D eigenvalue weighted by Gasteiger charge is -2.15. The van der Waals surface area contributed by atoms with E-state index < -0.39 is 10.0 Å². The molecule has 30 heavy (non-hydrogen) atoms. The molecule has 0 aromatic heterocycles. The molecule has 0 radical (unpaired) electrons. The van der Waals surface area contributed by atoms with E-state index in [2.05, 4.69) is 10.0 Å². The van der Waals surface area contributed by atoms with Gasteiger partial charge in [0.1, 0.15) is 5.75 Å². The lowest BCUT2D eigenvalue weighted by Crippen LogP contribution is -2.16. The van der Waals surface area contributed by atoms with Crippen molar-refractivity contribution in [3.05, 3.63) is 82.4 Å². The van der Waals surface area contributed by atoms with Crippen LogP contribution in [0.2, 0.25) is 5.02 Å². The summed E-state index contributed by atoms with van der Waals surface area (Å²) in [7, 11) is -2.48. The first-order valence-corrected chi connectivity index (χ1v) is 10.9. The molecule has 0 saturated heterocycles. The third-order valence-electron chi connectivity index (χ3n) is 4.63. The van der Waals surface area contributed by atoms with Crippen molar-refractivity contribution in [3.63, 3.8) is 0 Å². The molecule has 0 saturated carbocycles. The van der Waals surface area contributed by atoms with Gasteiger partial charge in [-0.2, -0.15) is 0 Å². The van der Waals surface area contributed by atoms with Gasteiger partial charge >= 0.3 is 0 Å². The van der Waals surface area contributed by atoms with E-state index in [1.807, 2.05) is 19.1 Å². The maximum Gasteiger partial charge on any atom is 0.261 e. The van der Waals surface area contributed by atoms with Gasteiger partial charge < -0.3 is 10.1 Å². The number of benzene rings is 3. The van der Waals surface area contributed by atoms with Crippen LogP contribution in [0, 0.1) is 13.8 Å². The number of methoxy groups -OCH3 is 1. The van der Waals surface area contributed by atoms with Crippen LogP contribution in [0.5, 0.6) is 5.75 Å². The summed E-state index contributed by atoms with van der Waals surface area (Å²) in [5.41, 5.74) is 2.53. The number of hydrogen-bond donors (Lipinski definition) is 2. The van der Waals surface area contributed by atoms with E-state index in [0.717, 1.165) is 5.56 Å². The number of halogens is 1. The van der Waals surface area contributed by atoms with Crippen molar-refractivity contribution >= 4 is 38.9 Å². The Kier molecular flexibility index (Phi) is 6.34. The van der Waals surface area contributed by atoms with Gasteiger partial charge in [0.15, 0.2) is 0 Å². The number of amides is 1. The maximum absolute atomic E-state index is 12.9. The number of carbonyl (C=O) groups is 1. The van der Waals surface area contributed by atoms with Gasteiger partial charge in [0.2, 0.25) is 0 Å². The number of sulfonamides is 1. The summed E-state index contributed by atoms with van der Waals surface area (Å²) in [5, 5.41) is 3.19. The van der Waals surface area contributed by atoms with Crippen LogP contribution < -0.4 is 14.8 Å². The maximum atomic E-state index is 12.9. The van der Waals surface area contributed by atoms with Crippen molar-refractivity contribution in [2.45, 2.75) is 18.7 Å². The third kappa shape index (κ3) is 4.58. The average Bonchev–Trinajstić information content (AvgIpc) is 2.71. The number of nitrogens with one attached hydrogen (secondary N) is 2. The zero-order chi connectivity index (χ0) is 21.9. The summed E-state index contributed by atoms with van der Waals surface area (Å²) in [4.78, 5) is 12.7. The van der Waals surface area contributed by atoms with Crippen molar-refractivity contribution in [2.24, 2.45) is 0 Å². The van der Waals surface area contributed by atoms with Gasteiger partial charge in [-0.3, -0.25) is 9.52 Å². The molecule has 3 aromatic carbocycles. The minimum absolute atomic E-state index is 0.0252. The molecule has 0 atom stereocenters. The van der Waals surface area contributed by atoms with Crippen LogP contribution in [0.3, 0.4) is 0 Å². The van der Waals surface area contributed by atoms with E-state index in [1.165, 1.54) is 25.3 Å². The number of ether oxygens (including phenoxy) is 1. The number of rotatable bonds is 6. The molecule has 6 nitrogen and oxygen atoms in total. The molecule has 0 spiro atoms. The fraction of sp³-hybridized carbons (Fsp3) is 0.136. The highest BCUT2D eigenvalue weighted by Gasteiger charge is 2.20. The monoisotopic (exact) mass is 444 g/mol. The first-order valence-electron chi connectivity index (χ1n) is 9.06. The molecule has 2 N–H and O–H groups in total. The highest BCUT2D eigenvalue weighted by Crippen LogP contribution is 2.30. The Bertz CT molecular complexity index is 1210. The van der Waals surface area contributed by atoms with Crippen LogP contribution >= 0.6 is 11.6 Å². The summed E-state index contributed by atoms with van der Waals surface area (Å²) in [6.45, 7) is 3.55. The number of anilines is 2.